The van der Waals surface area contributed by atoms with Crippen molar-refractivity contribution >= 4 is 5.91 Å². The zero-order chi connectivity index (χ0) is 19.5. The Labute approximate surface area is 150 Å². The third-order valence-electron chi connectivity index (χ3n) is 2.76. The first-order chi connectivity index (χ1) is 11.6. The van der Waals surface area contributed by atoms with Gasteiger partial charge in [-0.15, -0.1) is 13.2 Å². The summed E-state index contributed by atoms with van der Waals surface area (Å²) in [5.41, 5.74) is 24.7. The van der Waals surface area contributed by atoms with Crippen LogP contribution in [-0.2, 0) is 4.79 Å². The van der Waals surface area contributed by atoms with Crippen molar-refractivity contribution in [1.29, 1.82) is 0 Å². The summed E-state index contributed by atoms with van der Waals surface area (Å²) in [7, 11) is 0. The highest BCUT2D eigenvalue weighted by atomic mass is 16.1. The summed E-state index contributed by atoms with van der Waals surface area (Å²) in [4.78, 5) is 10.4. The number of unbranched alkanes of at least 4 members (excludes halogenated alkanes) is 8. The van der Waals surface area contributed by atoms with Crippen LogP contribution >= 0.6 is 0 Å². The molecule has 0 saturated carbocycles. The number of carbonyl (C=O) groups is 1. The summed E-state index contributed by atoms with van der Waals surface area (Å²) in [6.07, 6.45) is 11.6. The lowest BCUT2D eigenvalue weighted by atomic mass is 10.1. The maximum atomic E-state index is 10.4. The van der Waals surface area contributed by atoms with E-state index in [1.54, 1.807) is 0 Å². The number of carbonyl (C=O) groups excluding carboxylic acids is 1. The average molecular weight is 347 g/mol. The summed E-state index contributed by atoms with van der Waals surface area (Å²) in [5, 5.41) is 0. The van der Waals surface area contributed by atoms with Gasteiger partial charge in [-0.05, 0) is 6.42 Å². The second kappa shape index (κ2) is 37.9. The second-order valence-corrected chi connectivity index (χ2v) is 5.05. The normalized spacial score (nSPS) is 8.71. The number of hydrogen-bond acceptors (Lipinski definition) is 5. The molecule has 0 aliphatic heterocycles. The Morgan fingerprint density at radius 2 is 0.917 bits per heavy atom. The molecule has 0 fully saturated rings. The molecule has 147 valence electrons. The predicted molar refractivity (Wildman–Crippen MR) is 108 cm³/mol. The fourth-order valence-electron chi connectivity index (χ4n) is 1.54. The Morgan fingerprint density at radius 3 is 1.17 bits per heavy atom. The molecule has 24 heavy (non-hydrogen) atoms. The van der Waals surface area contributed by atoms with Gasteiger partial charge >= 0.3 is 0 Å². The summed E-state index contributed by atoms with van der Waals surface area (Å²) in [5.74, 6) is -0.166. The van der Waals surface area contributed by atoms with Crippen molar-refractivity contribution in [1.82, 2.24) is 0 Å². The van der Waals surface area contributed by atoms with Crippen LogP contribution in [0.3, 0.4) is 0 Å². The zero-order valence-electron chi connectivity index (χ0n) is 15.8. The smallest absolute Gasteiger partial charge is 0.217 e. The van der Waals surface area contributed by atoms with Crippen LogP contribution in [0.1, 0.15) is 64.2 Å². The van der Waals surface area contributed by atoms with Crippen LogP contribution in [-0.4, -0.2) is 32.1 Å². The van der Waals surface area contributed by atoms with Gasteiger partial charge in [0.1, 0.15) is 0 Å². The van der Waals surface area contributed by atoms with Gasteiger partial charge in [0.2, 0.25) is 5.91 Å². The lowest BCUT2D eigenvalue weighted by molar-refractivity contribution is -0.118. The van der Waals surface area contributed by atoms with Crippen molar-refractivity contribution in [2.24, 2.45) is 28.7 Å². The topological polar surface area (TPSA) is 147 Å². The molecule has 0 saturated heterocycles. The molecule has 0 atom stereocenters. The Bertz CT molecular complexity index is 196. The molecule has 0 aliphatic carbocycles. The first-order valence-corrected chi connectivity index (χ1v) is 8.98. The van der Waals surface area contributed by atoms with E-state index in [-0.39, 0.29) is 5.91 Å². The minimum Gasteiger partial charge on any atom is -0.370 e. The van der Waals surface area contributed by atoms with Crippen LogP contribution in [0, 0.1) is 6.92 Å². The number of nitrogens with two attached hydrogens (primary N) is 5. The van der Waals surface area contributed by atoms with Crippen molar-refractivity contribution < 1.29 is 4.79 Å². The quantitative estimate of drug-likeness (QED) is 0.270. The summed E-state index contributed by atoms with van der Waals surface area (Å²) >= 11 is 0. The molecule has 0 unspecified atom stereocenters. The van der Waals surface area contributed by atoms with Crippen LogP contribution in [0.5, 0.6) is 0 Å². The van der Waals surface area contributed by atoms with Crippen LogP contribution in [0.25, 0.3) is 0 Å². The Morgan fingerprint density at radius 1 is 0.625 bits per heavy atom. The van der Waals surface area contributed by atoms with Crippen molar-refractivity contribution in [3.8, 4) is 0 Å². The van der Waals surface area contributed by atoms with E-state index < -0.39 is 0 Å². The Balaban J connectivity index is -0.000000165. The second-order valence-electron chi connectivity index (χ2n) is 5.05. The molecule has 0 bridgehead atoms. The molecule has 0 aliphatic rings. The molecule has 0 aromatic carbocycles. The largest absolute Gasteiger partial charge is 0.370 e. The van der Waals surface area contributed by atoms with Crippen molar-refractivity contribution in [3.63, 3.8) is 0 Å². The van der Waals surface area contributed by atoms with Gasteiger partial charge < -0.3 is 28.7 Å². The molecule has 6 nitrogen and oxygen atoms in total. The van der Waals surface area contributed by atoms with Gasteiger partial charge in [-0.25, -0.2) is 0 Å². The van der Waals surface area contributed by atoms with E-state index >= 15 is 0 Å². The van der Waals surface area contributed by atoms with Gasteiger partial charge in [-0.3, -0.25) is 4.79 Å². The van der Waals surface area contributed by atoms with Crippen LogP contribution < -0.4 is 28.7 Å². The first kappa shape index (κ1) is 30.9. The van der Waals surface area contributed by atoms with Gasteiger partial charge in [-0.1, -0.05) is 58.3 Å². The third-order valence-corrected chi connectivity index (χ3v) is 2.76. The number of primary amides is 1. The standard InChI is InChI=1S/C12H24NO.2C2H8N2.C2H4/c1-2-3-4-5-6-7-8-9-10-11-12(13)14;2*3-1-2-4;1-2/h1-11H2,(H2,13,14);2*1-4H2;1-2H2. The molecular weight excluding hydrogens is 302 g/mol. The lowest BCUT2D eigenvalue weighted by Gasteiger charge is -2.00. The highest BCUT2D eigenvalue weighted by Crippen LogP contribution is 2.09. The van der Waals surface area contributed by atoms with Crippen molar-refractivity contribution in [2.45, 2.75) is 64.2 Å². The van der Waals surface area contributed by atoms with Crippen molar-refractivity contribution in [2.75, 3.05) is 26.2 Å². The minimum absolute atomic E-state index is 0.166. The summed E-state index contributed by atoms with van der Waals surface area (Å²) in [6, 6.07) is 0. The van der Waals surface area contributed by atoms with Gasteiger partial charge in [0.15, 0.2) is 0 Å². The average Bonchev–Trinajstić information content (AvgIpc) is 2.62. The maximum absolute atomic E-state index is 10.4. The highest BCUT2D eigenvalue weighted by molar-refractivity contribution is 5.73. The molecule has 0 spiro atoms. The molecule has 1 radical (unpaired) electrons. The third kappa shape index (κ3) is 58.3. The molecule has 6 heteroatoms. The molecule has 0 rings (SSSR count). The van der Waals surface area contributed by atoms with Crippen LogP contribution in [0.2, 0.25) is 0 Å². The van der Waals surface area contributed by atoms with E-state index in [2.05, 4.69) is 20.1 Å². The minimum atomic E-state index is -0.166. The summed E-state index contributed by atoms with van der Waals surface area (Å²) < 4.78 is 0. The van der Waals surface area contributed by atoms with E-state index in [4.69, 9.17) is 28.7 Å². The number of hydrogen-bond donors (Lipinski definition) is 5. The Hall–Kier alpha value is -0.950. The van der Waals surface area contributed by atoms with Gasteiger partial charge in [0.25, 0.3) is 0 Å². The van der Waals surface area contributed by atoms with Crippen LogP contribution in [0.15, 0.2) is 13.2 Å². The molecule has 10 N–H and O–H groups in total. The van der Waals surface area contributed by atoms with Gasteiger partial charge in [-0.2, -0.15) is 0 Å². The molecular formula is C18H44N5O. The SMILES string of the molecule is C=C.NCCN.NCCN.[CH2]CCCCCCCCCCC(N)=O. The number of rotatable bonds is 12. The van der Waals surface area contributed by atoms with E-state index in [9.17, 15) is 4.79 Å². The highest BCUT2D eigenvalue weighted by Gasteiger charge is 1.94. The molecule has 0 aromatic heterocycles. The van der Waals surface area contributed by atoms with E-state index in [0.29, 0.717) is 32.6 Å². The van der Waals surface area contributed by atoms with E-state index in [1.807, 2.05) is 0 Å². The fourth-order valence-corrected chi connectivity index (χ4v) is 1.54. The maximum Gasteiger partial charge on any atom is 0.217 e. The molecule has 0 heterocycles. The zero-order valence-corrected chi connectivity index (χ0v) is 15.8. The Kier molecular flexibility index (Phi) is 48.8. The van der Waals surface area contributed by atoms with Crippen molar-refractivity contribution in [3.05, 3.63) is 20.1 Å². The monoisotopic (exact) mass is 346 g/mol. The predicted octanol–water partition coefficient (Wildman–Crippen LogP) is 1.82. The lowest BCUT2D eigenvalue weighted by Crippen LogP contribution is -2.11. The van der Waals surface area contributed by atoms with Gasteiger partial charge in [0.05, 0.1) is 0 Å². The molecule has 1 amide bonds. The first-order valence-electron chi connectivity index (χ1n) is 8.98. The van der Waals surface area contributed by atoms with Gasteiger partial charge in [0, 0.05) is 32.6 Å². The molecule has 0 aromatic rings. The van der Waals surface area contributed by atoms with Crippen LogP contribution in [0.4, 0.5) is 0 Å². The summed E-state index contributed by atoms with van der Waals surface area (Å²) in [6.45, 7) is 12.2. The fraction of sp³-hybridized carbons (Fsp3) is 0.778. The van der Waals surface area contributed by atoms with E-state index in [1.165, 1.54) is 38.5 Å². The number of amides is 1. The van der Waals surface area contributed by atoms with E-state index in [0.717, 1.165) is 19.3 Å².